The molecule has 0 saturated heterocycles. The lowest BCUT2D eigenvalue weighted by molar-refractivity contribution is -0.384. The van der Waals surface area contributed by atoms with Gasteiger partial charge in [-0.25, -0.2) is 0 Å². The Balaban J connectivity index is 2.19. The molecule has 0 aliphatic rings. The Kier molecular flexibility index (Phi) is 5.42. The molecule has 1 aromatic carbocycles. The number of carbonyl (C=O) groups is 1. The maximum Gasteiger partial charge on any atom is 0.269 e. The molecule has 1 aromatic heterocycles. The number of aryl methyl sites for hydroxylation is 1. The van der Waals surface area contributed by atoms with Gasteiger partial charge in [0.15, 0.2) is 0 Å². The number of nitrogens with zero attached hydrogens (tertiary/aromatic N) is 3. The molecule has 0 aliphatic heterocycles. The molecule has 2 rings (SSSR count). The van der Waals surface area contributed by atoms with Crippen LogP contribution in [0.4, 0.5) is 5.69 Å². The molecule has 0 saturated carbocycles. The van der Waals surface area contributed by atoms with Gasteiger partial charge in [0.2, 0.25) is 0 Å². The molecule has 8 nitrogen and oxygen atoms in total. The van der Waals surface area contributed by atoms with Crippen LogP contribution in [0, 0.1) is 10.1 Å². The zero-order valence-electron chi connectivity index (χ0n) is 13.1. The quantitative estimate of drug-likeness (QED) is 0.456. The Bertz CT molecular complexity index is 694. The maximum absolute atomic E-state index is 12.3. The van der Waals surface area contributed by atoms with Gasteiger partial charge >= 0.3 is 0 Å². The van der Waals surface area contributed by atoms with E-state index in [0.717, 1.165) is 6.54 Å². The molecule has 0 radical (unpaired) electrons. The lowest BCUT2D eigenvalue weighted by atomic mass is 10.1. The number of nitrogens with one attached hydrogen (secondary N) is 2. The van der Waals surface area contributed by atoms with Crippen molar-refractivity contribution in [1.82, 2.24) is 20.4 Å². The summed E-state index contributed by atoms with van der Waals surface area (Å²) in [5.74, 6) is -0.218. The Morgan fingerprint density at radius 3 is 2.61 bits per heavy atom. The zero-order chi connectivity index (χ0) is 16.8. The number of nitro benzene ring substituents is 1. The first-order chi connectivity index (χ1) is 11.0. The van der Waals surface area contributed by atoms with E-state index in [4.69, 9.17) is 0 Å². The van der Waals surface area contributed by atoms with Crippen LogP contribution in [0.2, 0.25) is 0 Å². The van der Waals surface area contributed by atoms with Crippen LogP contribution in [-0.4, -0.2) is 40.2 Å². The predicted octanol–water partition coefficient (Wildman–Crippen LogP) is 1.33. The molecule has 0 bridgehead atoms. The number of amides is 1. The highest BCUT2D eigenvalue weighted by atomic mass is 16.6. The second-order valence-corrected chi connectivity index (χ2v) is 4.98. The molecule has 0 spiro atoms. The topological polar surface area (TPSA) is 102 Å². The third-order valence-corrected chi connectivity index (χ3v) is 3.26. The van der Waals surface area contributed by atoms with Crippen molar-refractivity contribution in [2.75, 3.05) is 19.6 Å². The van der Waals surface area contributed by atoms with Crippen molar-refractivity contribution in [3.05, 3.63) is 46.1 Å². The molecule has 2 N–H and O–H groups in total. The van der Waals surface area contributed by atoms with Crippen molar-refractivity contribution in [3.8, 4) is 11.3 Å². The number of hydrogen-bond donors (Lipinski definition) is 2. The van der Waals surface area contributed by atoms with Crippen molar-refractivity contribution in [1.29, 1.82) is 0 Å². The van der Waals surface area contributed by atoms with Crippen LogP contribution >= 0.6 is 0 Å². The number of rotatable bonds is 7. The minimum Gasteiger partial charge on any atom is -0.351 e. The molecular formula is C15H19N5O3. The number of nitro groups is 1. The number of aromatic nitrogens is 2. The third-order valence-electron chi connectivity index (χ3n) is 3.26. The smallest absolute Gasteiger partial charge is 0.269 e. The molecule has 1 heterocycles. The van der Waals surface area contributed by atoms with Crippen LogP contribution < -0.4 is 10.6 Å². The van der Waals surface area contributed by atoms with Gasteiger partial charge in [-0.3, -0.25) is 19.6 Å². The Hall–Kier alpha value is -2.74. The number of hydrogen-bond acceptors (Lipinski definition) is 5. The second-order valence-electron chi connectivity index (χ2n) is 4.98. The van der Waals surface area contributed by atoms with Crippen LogP contribution in [0.15, 0.2) is 30.5 Å². The SMILES string of the molecule is CCNCCNC(=O)c1cn(C)nc1-c1ccc([N+](=O)[O-])cc1. The molecular weight excluding hydrogens is 298 g/mol. The summed E-state index contributed by atoms with van der Waals surface area (Å²) in [7, 11) is 1.73. The van der Waals surface area contributed by atoms with Crippen molar-refractivity contribution < 1.29 is 9.72 Å². The molecule has 1 amide bonds. The Morgan fingerprint density at radius 2 is 2.00 bits per heavy atom. The fourth-order valence-corrected chi connectivity index (χ4v) is 2.15. The van der Waals surface area contributed by atoms with Gasteiger partial charge in [0.05, 0.1) is 10.5 Å². The molecule has 0 fully saturated rings. The van der Waals surface area contributed by atoms with Gasteiger partial charge in [0.1, 0.15) is 5.69 Å². The Morgan fingerprint density at radius 1 is 1.30 bits per heavy atom. The van der Waals surface area contributed by atoms with Crippen LogP contribution in [0.5, 0.6) is 0 Å². The van der Waals surface area contributed by atoms with Gasteiger partial charge in [0, 0.05) is 44.0 Å². The Labute approximate surface area is 133 Å². The highest BCUT2D eigenvalue weighted by Crippen LogP contribution is 2.24. The van der Waals surface area contributed by atoms with Crippen LogP contribution in [0.1, 0.15) is 17.3 Å². The normalized spacial score (nSPS) is 10.5. The average Bonchev–Trinajstić information content (AvgIpc) is 2.93. The number of non-ortho nitro benzene ring substituents is 1. The van der Waals surface area contributed by atoms with E-state index in [2.05, 4.69) is 15.7 Å². The number of likely N-dealkylation sites (N-methyl/N-ethyl adjacent to an activating group) is 1. The van der Waals surface area contributed by atoms with Crippen LogP contribution in [0.3, 0.4) is 0 Å². The molecule has 2 aromatic rings. The molecule has 0 unspecified atom stereocenters. The third kappa shape index (κ3) is 4.13. The summed E-state index contributed by atoms with van der Waals surface area (Å²) in [5.41, 5.74) is 1.61. The van der Waals surface area contributed by atoms with Gasteiger partial charge in [0.25, 0.3) is 11.6 Å². The summed E-state index contributed by atoms with van der Waals surface area (Å²) in [6, 6.07) is 5.99. The summed E-state index contributed by atoms with van der Waals surface area (Å²) < 4.78 is 1.55. The fraction of sp³-hybridized carbons (Fsp3) is 0.333. The van der Waals surface area contributed by atoms with E-state index < -0.39 is 4.92 Å². The summed E-state index contributed by atoms with van der Waals surface area (Å²) in [6.45, 7) is 4.04. The highest BCUT2D eigenvalue weighted by molar-refractivity contribution is 5.99. The fourth-order valence-electron chi connectivity index (χ4n) is 2.15. The van der Waals surface area contributed by atoms with Gasteiger partial charge in [-0.15, -0.1) is 0 Å². The second kappa shape index (κ2) is 7.50. The molecule has 0 atom stereocenters. The standard InChI is InChI=1S/C15H19N5O3/c1-3-16-8-9-17-15(21)13-10-19(2)18-14(13)11-4-6-12(7-5-11)20(22)23/h4-7,10,16H,3,8-9H2,1-2H3,(H,17,21). The van der Waals surface area contributed by atoms with E-state index in [9.17, 15) is 14.9 Å². The van der Waals surface area contributed by atoms with Gasteiger partial charge in [-0.2, -0.15) is 5.10 Å². The monoisotopic (exact) mass is 317 g/mol. The predicted molar refractivity (Wildman–Crippen MR) is 86.2 cm³/mol. The van der Waals surface area contributed by atoms with Gasteiger partial charge in [-0.05, 0) is 18.7 Å². The largest absolute Gasteiger partial charge is 0.351 e. The van der Waals surface area contributed by atoms with E-state index in [1.165, 1.54) is 12.1 Å². The number of carbonyl (C=O) groups excluding carboxylic acids is 1. The van der Waals surface area contributed by atoms with Crippen molar-refractivity contribution in [2.24, 2.45) is 7.05 Å². The van der Waals surface area contributed by atoms with Crippen molar-refractivity contribution >= 4 is 11.6 Å². The van der Waals surface area contributed by atoms with E-state index in [0.29, 0.717) is 29.9 Å². The van der Waals surface area contributed by atoms with Crippen LogP contribution in [0.25, 0.3) is 11.3 Å². The minimum absolute atomic E-state index is 0.00122. The minimum atomic E-state index is -0.462. The number of benzene rings is 1. The van der Waals surface area contributed by atoms with Gasteiger partial charge in [-0.1, -0.05) is 6.92 Å². The molecule has 0 aliphatic carbocycles. The first-order valence-electron chi connectivity index (χ1n) is 7.30. The van der Waals surface area contributed by atoms with Gasteiger partial charge < -0.3 is 10.6 Å². The summed E-state index contributed by atoms with van der Waals surface area (Å²) >= 11 is 0. The summed E-state index contributed by atoms with van der Waals surface area (Å²) in [6.07, 6.45) is 1.64. The maximum atomic E-state index is 12.3. The molecule has 23 heavy (non-hydrogen) atoms. The summed E-state index contributed by atoms with van der Waals surface area (Å²) in [4.78, 5) is 22.5. The first kappa shape index (κ1) is 16.6. The van der Waals surface area contributed by atoms with E-state index in [1.807, 2.05) is 6.92 Å². The van der Waals surface area contributed by atoms with Crippen molar-refractivity contribution in [3.63, 3.8) is 0 Å². The zero-order valence-corrected chi connectivity index (χ0v) is 13.1. The average molecular weight is 317 g/mol. The lowest BCUT2D eigenvalue weighted by Crippen LogP contribution is -2.31. The molecule has 8 heteroatoms. The van der Waals surface area contributed by atoms with Crippen molar-refractivity contribution in [2.45, 2.75) is 6.92 Å². The lowest BCUT2D eigenvalue weighted by Gasteiger charge is -2.05. The van der Waals surface area contributed by atoms with E-state index >= 15 is 0 Å². The van der Waals surface area contributed by atoms with Crippen LogP contribution in [-0.2, 0) is 7.05 Å². The van der Waals surface area contributed by atoms with E-state index in [1.54, 1.807) is 30.1 Å². The highest BCUT2D eigenvalue weighted by Gasteiger charge is 2.17. The summed E-state index contributed by atoms with van der Waals surface area (Å²) in [5, 5.41) is 21.0. The first-order valence-corrected chi connectivity index (χ1v) is 7.30. The van der Waals surface area contributed by atoms with E-state index in [-0.39, 0.29) is 11.6 Å². The molecule has 122 valence electrons.